The van der Waals surface area contributed by atoms with E-state index in [0.29, 0.717) is 6.61 Å². The fraction of sp³-hybridized carbons (Fsp3) is 0.833. The van der Waals surface area contributed by atoms with Gasteiger partial charge in [0, 0.05) is 0 Å². The van der Waals surface area contributed by atoms with Gasteiger partial charge in [0.15, 0.2) is 4.11 Å². The summed E-state index contributed by atoms with van der Waals surface area (Å²) in [4.78, 5) is 10.6. The third kappa shape index (κ3) is 4.84. The average molecular weight is 258 g/mol. The molecule has 0 heterocycles. The number of hydrogen-bond donors (Lipinski definition) is 0. The summed E-state index contributed by atoms with van der Waals surface area (Å²) in [5.74, 6) is 0. The lowest BCUT2D eigenvalue weighted by molar-refractivity contribution is 0.0544. The van der Waals surface area contributed by atoms with Crippen LogP contribution >= 0.6 is 22.6 Å². The second-order valence-corrected chi connectivity index (χ2v) is 3.01. The summed E-state index contributed by atoms with van der Waals surface area (Å²) in [6.45, 7) is 4.05. The molecule has 0 aliphatic carbocycles. The maximum Gasteiger partial charge on any atom is 0.509 e. The van der Waals surface area contributed by atoms with Gasteiger partial charge in [-0.15, -0.1) is 0 Å². The summed E-state index contributed by atoms with van der Waals surface area (Å²) in [5, 5.41) is 0. The molecule has 4 heteroatoms. The lowest BCUT2D eigenvalue weighted by atomic mass is 10.5. The molecule has 0 bridgehead atoms. The molecule has 0 aromatic carbocycles. The molecule has 0 spiro atoms. The second-order valence-electron chi connectivity index (χ2n) is 1.62. The molecule has 1 unspecified atom stereocenters. The van der Waals surface area contributed by atoms with Crippen LogP contribution in [0.2, 0.25) is 0 Å². The van der Waals surface area contributed by atoms with Crippen molar-refractivity contribution in [2.75, 3.05) is 6.61 Å². The van der Waals surface area contributed by atoms with Crippen LogP contribution in [0.4, 0.5) is 4.79 Å². The Balaban J connectivity index is 3.37. The topological polar surface area (TPSA) is 35.5 Å². The van der Waals surface area contributed by atoms with E-state index in [1.807, 2.05) is 29.5 Å². The number of carbonyl (C=O) groups excluding carboxylic acids is 1. The zero-order chi connectivity index (χ0) is 7.98. The first-order valence-electron chi connectivity index (χ1n) is 3.18. The van der Waals surface area contributed by atoms with Gasteiger partial charge in [-0.2, -0.15) is 0 Å². The number of hydrogen-bond acceptors (Lipinski definition) is 3. The highest BCUT2D eigenvalue weighted by atomic mass is 127. The average Bonchev–Trinajstić information content (AvgIpc) is 1.88. The molecular weight excluding hydrogens is 247 g/mol. The van der Waals surface area contributed by atoms with E-state index < -0.39 is 6.16 Å². The van der Waals surface area contributed by atoms with E-state index in [1.165, 1.54) is 0 Å². The molecule has 0 fully saturated rings. The highest BCUT2D eigenvalue weighted by Gasteiger charge is 2.07. The van der Waals surface area contributed by atoms with E-state index in [4.69, 9.17) is 4.74 Å². The van der Waals surface area contributed by atoms with Crippen molar-refractivity contribution >= 4 is 28.7 Å². The third-order valence-corrected chi connectivity index (χ3v) is 1.94. The van der Waals surface area contributed by atoms with Crippen LogP contribution < -0.4 is 0 Å². The molecule has 1 atom stereocenters. The summed E-state index contributed by atoms with van der Waals surface area (Å²) in [5.41, 5.74) is 0. The molecule has 0 aromatic rings. The minimum atomic E-state index is -0.580. The van der Waals surface area contributed by atoms with Crippen LogP contribution in [0.5, 0.6) is 0 Å². The summed E-state index contributed by atoms with van der Waals surface area (Å²) < 4.78 is 9.24. The van der Waals surface area contributed by atoms with Crippen LogP contribution in [0.25, 0.3) is 0 Å². The van der Waals surface area contributed by atoms with Gasteiger partial charge >= 0.3 is 6.16 Å². The lowest BCUT2D eigenvalue weighted by Gasteiger charge is -2.07. The minimum Gasteiger partial charge on any atom is -0.435 e. The van der Waals surface area contributed by atoms with Gasteiger partial charge in [0.1, 0.15) is 0 Å². The molecule has 0 saturated heterocycles. The molecule has 0 radical (unpaired) electrons. The van der Waals surface area contributed by atoms with Crippen molar-refractivity contribution in [1.29, 1.82) is 0 Å². The van der Waals surface area contributed by atoms with Crippen LogP contribution in [-0.4, -0.2) is 16.9 Å². The Morgan fingerprint density at radius 2 is 2.20 bits per heavy atom. The molecule has 0 N–H and O–H groups in total. The zero-order valence-corrected chi connectivity index (χ0v) is 8.25. The van der Waals surface area contributed by atoms with Crippen molar-refractivity contribution in [3.05, 3.63) is 0 Å². The van der Waals surface area contributed by atoms with Crippen molar-refractivity contribution < 1.29 is 14.3 Å². The normalized spacial score (nSPS) is 12.3. The molecule has 3 nitrogen and oxygen atoms in total. The van der Waals surface area contributed by atoms with Crippen molar-refractivity contribution in [2.45, 2.75) is 24.4 Å². The van der Waals surface area contributed by atoms with E-state index >= 15 is 0 Å². The molecule has 10 heavy (non-hydrogen) atoms. The van der Waals surface area contributed by atoms with Gasteiger partial charge in [0.05, 0.1) is 6.61 Å². The minimum absolute atomic E-state index is 0.0725. The molecule has 0 aliphatic rings. The molecule has 0 amide bonds. The predicted octanol–water partition coefficient (Wildman–Crippen LogP) is 2.33. The van der Waals surface area contributed by atoms with Gasteiger partial charge in [0.25, 0.3) is 0 Å². The van der Waals surface area contributed by atoms with Gasteiger partial charge < -0.3 is 9.47 Å². The maximum absolute atomic E-state index is 10.6. The predicted molar refractivity (Wildman–Crippen MR) is 46.2 cm³/mol. The first-order valence-corrected chi connectivity index (χ1v) is 4.42. The highest BCUT2D eigenvalue weighted by Crippen LogP contribution is 2.07. The fourth-order valence-corrected chi connectivity index (χ4v) is 0.547. The summed E-state index contributed by atoms with van der Waals surface area (Å²) >= 11 is 2.04. The van der Waals surface area contributed by atoms with E-state index in [9.17, 15) is 4.79 Å². The van der Waals surface area contributed by atoms with Crippen molar-refractivity contribution in [2.24, 2.45) is 0 Å². The number of rotatable bonds is 3. The van der Waals surface area contributed by atoms with E-state index in [1.54, 1.807) is 6.92 Å². The Kier molecular flexibility index (Phi) is 5.76. The van der Waals surface area contributed by atoms with Gasteiger partial charge in [-0.05, 0) is 35.9 Å². The molecule has 60 valence electrons. The number of halogens is 1. The number of alkyl halides is 1. The van der Waals surface area contributed by atoms with Gasteiger partial charge in [0.2, 0.25) is 0 Å². The second kappa shape index (κ2) is 5.76. The van der Waals surface area contributed by atoms with Crippen LogP contribution in [0.1, 0.15) is 20.3 Å². The summed E-state index contributed by atoms with van der Waals surface area (Å²) in [7, 11) is 0. The third-order valence-electron chi connectivity index (χ3n) is 0.807. The van der Waals surface area contributed by atoms with Crippen LogP contribution in [0, 0.1) is 0 Å². The Morgan fingerprint density at radius 1 is 1.60 bits per heavy atom. The fourth-order valence-electron chi connectivity index (χ4n) is 0.340. The first-order chi connectivity index (χ1) is 4.70. The largest absolute Gasteiger partial charge is 0.509 e. The lowest BCUT2D eigenvalue weighted by Crippen LogP contribution is -2.12. The zero-order valence-electron chi connectivity index (χ0n) is 6.09. The Hall–Kier alpha value is 0. The quantitative estimate of drug-likeness (QED) is 0.442. The van der Waals surface area contributed by atoms with Crippen molar-refractivity contribution in [3.63, 3.8) is 0 Å². The summed E-state index contributed by atoms with van der Waals surface area (Å²) in [6.07, 6.45) is 0.225. The SMILES string of the molecule is CCOC(=O)OC(I)CC. The van der Waals surface area contributed by atoms with E-state index in [0.717, 1.165) is 6.42 Å². The monoisotopic (exact) mass is 258 g/mol. The Bertz CT molecular complexity index is 105. The van der Waals surface area contributed by atoms with Gasteiger partial charge in [-0.1, -0.05) is 6.92 Å². The molecule has 0 aliphatic heterocycles. The highest BCUT2D eigenvalue weighted by molar-refractivity contribution is 14.1. The van der Waals surface area contributed by atoms with Crippen molar-refractivity contribution in [1.82, 2.24) is 0 Å². The van der Waals surface area contributed by atoms with Crippen LogP contribution in [-0.2, 0) is 9.47 Å². The molecule has 0 aromatic heterocycles. The van der Waals surface area contributed by atoms with Gasteiger partial charge in [-0.25, -0.2) is 4.79 Å². The van der Waals surface area contributed by atoms with Gasteiger partial charge in [-0.3, -0.25) is 0 Å². The maximum atomic E-state index is 10.6. The van der Waals surface area contributed by atoms with Crippen LogP contribution in [0.15, 0.2) is 0 Å². The summed E-state index contributed by atoms with van der Waals surface area (Å²) in [6, 6.07) is 0. The Morgan fingerprint density at radius 3 is 2.60 bits per heavy atom. The first kappa shape index (κ1) is 10.0. The molecular formula is C6H11IO3. The van der Waals surface area contributed by atoms with E-state index in [-0.39, 0.29) is 4.11 Å². The Labute approximate surface area is 74.2 Å². The van der Waals surface area contributed by atoms with Crippen molar-refractivity contribution in [3.8, 4) is 0 Å². The smallest absolute Gasteiger partial charge is 0.435 e. The molecule has 0 saturated carbocycles. The standard InChI is InChI=1S/C6H11IO3/c1-3-5(7)10-6(8)9-4-2/h5H,3-4H2,1-2H3. The molecule has 0 rings (SSSR count). The van der Waals surface area contributed by atoms with Crippen LogP contribution in [0.3, 0.4) is 0 Å². The van der Waals surface area contributed by atoms with E-state index in [2.05, 4.69) is 4.74 Å². The number of carbonyl (C=O) groups is 1. The number of ether oxygens (including phenoxy) is 2.